The van der Waals surface area contributed by atoms with E-state index in [0.29, 0.717) is 18.5 Å². The van der Waals surface area contributed by atoms with Crippen molar-refractivity contribution in [1.29, 1.82) is 0 Å². The zero-order valence-corrected chi connectivity index (χ0v) is 14.6. The van der Waals surface area contributed by atoms with E-state index in [1.807, 2.05) is 0 Å². The molecular weight excluding hydrogens is 368 g/mol. The highest BCUT2D eigenvalue weighted by Crippen LogP contribution is 2.22. The molecule has 1 saturated heterocycles. The van der Waals surface area contributed by atoms with Crippen LogP contribution in [0.25, 0.3) is 0 Å². The lowest BCUT2D eigenvalue weighted by Crippen LogP contribution is -2.43. The number of alkyl halides is 3. The first kappa shape index (κ1) is 20.9. The number of urea groups is 1. The number of halogens is 4. The molecule has 1 aromatic rings. The maximum absolute atomic E-state index is 12.8. The van der Waals surface area contributed by atoms with Gasteiger partial charge in [-0.1, -0.05) is 12.1 Å². The summed E-state index contributed by atoms with van der Waals surface area (Å²) in [5, 5.41) is 7.53. The molecule has 3 N–H and O–H groups in total. The number of likely N-dealkylation sites (tertiary alicyclic amines) is 1. The van der Waals surface area contributed by atoms with Gasteiger partial charge in [0.25, 0.3) is 0 Å². The van der Waals surface area contributed by atoms with Gasteiger partial charge in [0.05, 0.1) is 13.1 Å². The molecule has 3 amide bonds. The molecule has 27 heavy (non-hydrogen) atoms. The topological polar surface area (TPSA) is 73.5 Å². The van der Waals surface area contributed by atoms with E-state index in [9.17, 15) is 27.2 Å². The molecular formula is C17H22F4N4O2. The normalized spacial score (nSPS) is 17.6. The average molecular weight is 390 g/mol. The summed E-state index contributed by atoms with van der Waals surface area (Å²) in [6, 6.07) is 5.08. The van der Waals surface area contributed by atoms with Crippen LogP contribution in [0.2, 0.25) is 0 Å². The minimum atomic E-state index is -4.22. The molecule has 1 heterocycles. The first-order chi connectivity index (χ1) is 12.7. The predicted octanol–water partition coefficient (Wildman–Crippen LogP) is 1.63. The van der Waals surface area contributed by atoms with E-state index < -0.39 is 24.7 Å². The van der Waals surface area contributed by atoms with Crippen LogP contribution in [0.4, 0.5) is 22.4 Å². The van der Waals surface area contributed by atoms with Gasteiger partial charge in [0.2, 0.25) is 5.91 Å². The van der Waals surface area contributed by atoms with Crippen LogP contribution in [-0.4, -0.2) is 55.7 Å². The monoisotopic (exact) mass is 390 g/mol. The minimum Gasteiger partial charge on any atom is -0.354 e. The Kier molecular flexibility index (Phi) is 7.40. The van der Waals surface area contributed by atoms with Gasteiger partial charge in [-0.25, -0.2) is 9.18 Å². The van der Waals surface area contributed by atoms with Crippen LogP contribution in [0.3, 0.4) is 0 Å². The average Bonchev–Trinajstić information content (AvgIpc) is 3.03. The fraction of sp³-hybridized carbons (Fsp3) is 0.529. The molecule has 150 valence electrons. The Balaban J connectivity index is 1.58. The molecule has 1 atom stereocenters. The number of hydrogen-bond donors (Lipinski definition) is 3. The van der Waals surface area contributed by atoms with E-state index in [1.165, 1.54) is 29.2 Å². The van der Waals surface area contributed by atoms with Crippen LogP contribution in [0.15, 0.2) is 24.3 Å². The molecule has 0 aliphatic carbocycles. The lowest BCUT2D eigenvalue weighted by Gasteiger charge is -2.18. The molecule has 10 heteroatoms. The van der Waals surface area contributed by atoms with E-state index in [-0.39, 0.29) is 37.9 Å². The molecule has 0 radical (unpaired) electrons. The number of benzene rings is 1. The number of nitrogens with one attached hydrogen (secondary N) is 3. The van der Waals surface area contributed by atoms with Crippen LogP contribution >= 0.6 is 0 Å². The number of amides is 3. The van der Waals surface area contributed by atoms with Crippen molar-refractivity contribution in [2.75, 3.05) is 32.7 Å². The van der Waals surface area contributed by atoms with Crippen molar-refractivity contribution in [2.45, 2.75) is 19.1 Å². The predicted molar refractivity (Wildman–Crippen MR) is 90.3 cm³/mol. The SMILES string of the molecule is O=C(CNC(=O)NCc1ccc(F)cc1)NCC1CCN(CC(F)(F)F)C1. The number of carbonyl (C=O) groups is 2. The Labute approximate surface area is 154 Å². The second-order valence-corrected chi connectivity index (χ2v) is 6.47. The highest BCUT2D eigenvalue weighted by atomic mass is 19.4. The Morgan fingerprint density at radius 3 is 2.48 bits per heavy atom. The van der Waals surface area contributed by atoms with Crippen molar-refractivity contribution in [3.8, 4) is 0 Å². The Hall–Kier alpha value is -2.36. The molecule has 0 aromatic heterocycles. The lowest BCUT2D eigenvalue weighted by atomic mass is 10.1. The summed E-state index contributed by atoms with van der Waals surface area (Å²) in [6.07, 6.45) is -3.63. The summed E-state index contributed by atoms with van der Waals surface area (Å²) < 4.78 is 49.8. The third-order valence-corrected chi connectivity index (χ3v) is 4.14. The van der Waals surface area contributed by atoms with E-state index in [1.54, 1.807) is 0 Å². The van der Waals surface area contributed by atoms with Gasteiger partial charge in [0.1, 0.15) is 5.82 Å². The summed E-state index contributed by atoms with van der Waals surface area (Å²) in [7, 11) is 0. The molecule has 1 fully saturated rings. The Morgan fingerprint density at radius 1 is 1.11 bits per heavy atom. The molecule has 6 nitrogen and oxygen atoms in total. The van der Waals surface area contributed by atoms with Gasteiger partial charge >= 0.3 is 12.2 Å². The van der Waals surface area contributed by atoms with Crippen LogP contribution < -0.4 is 16.0 Å². The molecule has 0 saturated carbocycles. The number of hydrogen-bond acceptors (Lipinski definition) is 3. The zero-order valence-electron chi connectivity index (χ0n) is 14.6. The van der Waals surface area contributed by atoms with Gasteiger partial charge in [0, 0.05) is 19.6 Å². The largest absolute Gasteiger partial charge is 0.401 e. The first-order valence-electron chi connectivity index (χ1n) is 8.53. The summed E-state index contributed by atoms with van der Waals surface area (Å²) in [6.45, 7) is -0.0894. The summed E-state index contributed by atoms with van der Waals surface area (Å²) in [5.74, 6) is -0.825. The molecule has 0 bridgehead atoms. The second-order valence-electron chi connectivity index (χ2n) is 6.47. The van der Waals surface area contributed by atoms with Crippen LogP contribution in [-0.2, 0) is 11.3 Å². The Bertz CT molecular complexity index is 637. The number of rotatable bonds is 7. The van der Waals surface area contributed by atoms with Crippen LogP contribution in [0.5, 0.6) is 0 Å². The minimum absolute atomic E-state index is 0.0383. The highest BCUT2D eigenvalue weighted by Gasteiger charge is 2.34. The van der Waals surface area contributed by atoms with Crippen molar-refractivity contribution >= 4 is 11.9 Å². The van der Waals surface area contributed by atoms with Gasteiger partial charge in [-0.15, -0.1) is 0 Å². The van der Waals surface area contributed by atoms with Crippen molar-refractivity contribution in [3.63, 3.8) is 0 Å². The Morgan fingerprint density at radius 2 is 1.81 bits per heavy atom. The van der Waals surface area contributed by atoms with Gasteiger partial charge < -0.3 is 16.0 Å². The maximum Gasteiger partial charge on any atom is 0.401 e. The summed E-state index contributed by atoms with van der Waals surface area (Å²) in [4.78, 5) is 24.7. The standard InChI is InChI=1S/C17H22F4N4O2/c18-14-3-1-12(2-4-14)7-23-16(27)24-9-15(26)22-8-13-5-6-25(10-13)11-17(19,20)21/h1-4,13H,5-11H2,(H,22,26)(H2,23,24,27). The van der Waals surface area contributed by atoms with Gasteiger partial charge in [-0.05, 0) is 36.6 Å². The van der Waals surface area contributed by atoms with Gasteiger partial charge in [-0.3, -0.25) is 9.69 Å². The smallest absolute Gasteiger partial charge is 0.354 e. The molecule has 0 spiro atoms. The van der Waals surface area contributed by atoms with Crippen molar-refractivity contribution < 1.29 is 27.2 Å². The number of nitrogens with zero attached hydrogens (tertiary/aromatic N) is 1. The molecule has 2 rings (SSSR count). The third-order valence-electron chi connectivity index (χ3n) is 4.14. The van der Waals surface area contributed by atoms with E-state index >= 15 is 0 Å². The third kappa shape index (κ3) is 8.25. The van der Waals surface area contributed by atoms with Gasteiger partial charge in [-0.2, -0.15) is 13.2 Å². The fourth-order valence-electron chi connectivity index (χ4n) is 2.80. The zero-order chi connectivity index (χ0) is 19.9. The number of carbonyl (C=O) groups excluding carboxylic acids is 2. The van der Waals surface area contributed by atoms with Crippen molar-refractivity contribution in [3.05, 3.63) is 35.6 Å². The highest BCUT2D eigenvalue weighted by molar-refractivity contribution is 5.83. The van der Waals surface area contributed by atoms with Crippen LogP contribution in [0.1, 0.15) is 12.0 Å². The molecule has 1 aliphatic heterocycles. The first-order valence-corrected chi connectivity index (χ1v) is 8.53. The molecule has 1 aliphatic rings. The van der Waals surface area contributed by atoms with Gasteiger partial charge in [0.15, 0.2) is 0 Å². The van der Waals surface area contributed by atoms with Crippen molar-refractivity contribution in [2.24, 2.45) is 5.92 Å². The quantitative estimate of drug-likeness (QED) is 0.620. The summed E-state index contributed by atoms with van der Waals surface area (Å²) >= 11 is 0. The van der Waals surface area contributed by atoms with E-state index in [0.717, 1.165) is 0 Å². The second kappa shape index (κ2) is 9.54. The van der Waals surface area contributed by atoms with Crippen molar-refractivity contribution in [1.82, 2.24) is 20.9 Å². The molecule has 1 unspecified atom stereocenters. The summed E-state index contributed by atoms with van der Waals surface area (Å²) in [5.41, 5.74) is 0.709. The van der Waals surface area contributed by atoms with E-state index in [4.69, 9.17) is 0 Å². The van der Waals surface area contributed by atoms with E-state index in [2.05, 4.69) is 16.0 Å². The van der Waals surface area contributed by atoms with Crippen LogP contribution in [0, 0.1) is 11.7 Å². The lowest BCUT2D eigenvalue weighted by molar-refractivity contribution is -0.143. The fourth-order valence-corrected chi connectivity index (χ4v) is 2.80. The molecule has 1 aromatic carbocycles. The maximum atomic E-state index is 12.8.